The summed E-state index contributed by atoms with van der Waals surface area (Å²) in [6.45, 7) is 2.01. The van der Waals surface area contributed by atoms with Crippen molar-refractivity contribution < 1.29 is 9.53 Å². The molecule has 2 aromatic carbocycles. The van der Waals surface area contributed by atoms with Crippen LogP contribution in [0, 0.1) is 0 Å². The molecular weight excluding hydrogens is 402 g/mol. The van der Waals surface area contributed by atoms with Crippen LogP contribution in [-0.4, -0.2) is 48.6 Å². The van der Waals surface area contributed by atoms with Gasteiger partial charge in [-0.05, 0) is 11.1 Å². The van der Waals surface area contributed by atoms with Gasteiger partial charge in [0, 0.05) is 46.2 Å². The van der Waals surface area contributed by atoms with E-state index in [0.29, 0.717) is 25.5 Å². The van der Waals surface area contributed by atoms with Crippen molar-refractivity contribution in [3.05, 3.63) is 83.0 Å². The number of hydrogen-bond acceptors (Lipinski definition) is 6. The molecule has 0 atom stereocenters. The predicted molar refractivity (Wildman–Crippen MR) is 126 cm³/mol. The van der Waals surface area contributed by atoms with Crippen molar-refractivity contribution in [1.29, 1.82) is 0 Å². The minimum absolute atomic E-state index is 0.267. The van der Waals surface area contributed by atoms with Crippen LogP contribution < -0.4 is 9.80 Å². The summed E-state index contributed by atoms with van der Waals surface area (Å²) < 4.78 is 5.54. The third-order valence-electron chi connectivity index (χ3n) is 5.52. The van der Waals surface area contributed by atoms with Gasteiger partial charge in [-0.2, -0.15) is 4.98 Å². The van der Waals surface area contributed by atoms with Crippen molar-refractivity contribution in [3.63, 3.8) is 0 Å². The zero-order chi connectivity index (χ0) is 22.5. The number of amides is 1. The second-order valence-corrected chi connectivity index (χ2v) is 8.22. The molecule has 3 aromatic rings. The van der Waals surface area contributed by atoms with Crippen LogP contribution in [0.15, 0.2) is 60.7 Å². The molecular formula is C25H29N5O2. The summed E-state index contributed by atoms with van der Waals surface area (Å²) >= 11 is 0. The van der Waals surface area contributed by atoms with Gasteiger partial charge in [-0.25, -0.2) is 9.78 Å². The molecule has 1 aromatic heterocycles. The number of hydrogen-bond donors (Lipinski definition) is 0. The summed E-state index contributed by atoms with van der Waals surface area (Å²) in [6.07, 6.45) is 0.361. The Morgan fingerprint density at radius 1 is 0.969 bits per heavy atom. The third kappa shape index (κ3) is 4.99. The van der Waals surface area contributed by atoms with E-state index in [1.54, 1.807) is 4.90 Å². The number of carbonyl (C=O) groups is 1. The first kappa shape index (κ1) is 21.6. The van der Waals surface area contributed by atoms with Crippen LogP contribution in [-0.2, 0) is 30.9 Å². The Kier molecular flexibility index (Phi) is 6.54. The summed E-state index contributed by atoms with van der Waals surface area (Å²) in [4.78, 5) is 28.1. The molecule has 1 aliphatic heterocycles. The summed E-state index contributed by atoms with van der Waals surface area (Å²) in [6, 6.07) is 20.0. The highest BCUT2D eigenvalue weighted by Crippen LogP contribution is 2.28. The second kappa shape index (κ2) is 9.68. The smallest absolute Gasteiger partial charge is 0.410 e. The van der Waals surface area contributed by atoms with Gasteiger partial charge in [0.1, 0.15) is 12.4 Å². The highest BCUT2D eigenvalue weighted by Gasteiger charge is 2.27. The van der Waals surface area contributed by atoms with Crippen molar-refractivity contribution in [2.75, 3.05) is 37.5 Å². The molecule has 7 heteroatoms. The number of aromatic nitrogens is 2. The minimum Gasteiger partial charge on any atom is -0.445 e. The Balaban J connectivity index is 1.49. The summed E-state index contributed by atoms with van der Waals surface area (Å²) in [5.74, 6) is 1.53. The molecule has 0 fully saturated rings. The van der Waals surface area contributed by atoms with Gasteiger partial charge < -0.3 is 19.4 Å². The lowest BCUT2D eigenvalue weighted by Crippen LogP contribution is -2.38. The number of benzene rings is 2. The molecule has 1 amide bonds. The molecule has 0 aliphatic carbocycles. The van der Waals surface area contributed by atoms with Crippen molar-refractivity contribution in [2.24, 2.45) is 0 Å². The largest absolute Gasteiger partial charge is 0.445 e. The van der Waals surface area contributed by atoms with E-state index in [0.717, 1.165) is 29.2 Å². The summed E-state index contributed by atoms with van der Waals surface area (Å²) in [7, 11) is 5.94. The zero-order valence-electron chi connectivity index (χ0n) is 18.9. The monoisotopic (exact) mass is 431 g/mol. The van der Waals surface area contributed by atoms with Gasteiger partial charge in [0.2, 0.25) is 5.95 Å². The third-order valence-corrected chi connectivity index (χ3v) is 5.52. The summed E-state index contributed by atoms with van der Waals surface area (Å²) in [5, 5.41) is 0. The maximum absolute atomic E-state index is 12.7. The van der Waals surface area contributed by atoms with E-state index in [1.807, 2.05) is 74.6 Å². The predicted octanol–water partition coefficient (Wildman–Crippen LogP) is 3.87. The maximum Gasteiger partial charge on any atom is 0.410 e. The first-order valence-electron chi connectivity index (χ1n) is 10.8. The van der Waals surface area contributed by atoms with Crippen LogP contribution >= 0.6 is 0 Å². The fourth-order valence-corrected chi connectivity index (χ4v) is 3.82. The Labute approximate surface area is 189 Å². The lowest BCUT2D eigenvalue weighted by molar-refractivity contribution is 0.0916. The molecule has 0 unspecified atom stereocenters. The van der Waals surface area contributed by atoms with Crippen LogP contribution in [0.5, 0.6) is 0 Å². The molecule has 4 rings (SSSR count). The standard InChI is InChI=1S/C25H29N5O2/c1-28(2)23-21-17-30(25(31)32-18-20-12-8-5-9-13-20)15-14-22(21)26-24(27-23)29(3)16-19-10-6-4-7-11-19/h4-13H,14-18H2,1-3H3. The van der Waals surface area contributed by atoms with Crippen LogP contribution in [0.2, 0.25) is 0 Å². The number of anilines is 2. The molecule has 0 spiro atoms. The number of ether oxygens (including phenoxy) is 1. The number of fused-ring (bicyclic) bond motifs is 1. The zero-order valence-corrected chi connectivity index (χ0v) is 18.9. The van der Waals surface area contributed by atoms with E-state index in [1.165, 1.54) is 5.56 Å². The molecule has 166 valence electrons. The van der Waals surface area contributed by atoms with E-state index < -0.39 is 0 Å². The first-order valence-corrected chi connectivity index (χ1v) is 10.8. The maximum atomic E-state index is 12.7. The lowest BCUT2D eigenvalue weighted by atomic mass is 10.1. The minimum atomic E-state index is -0.311. The van der Waals surface area contributed by atoms with E-state index in [9.17, 15) is 4.79 Å². The van der Waals surface area contributed by atoms with Crippen molar-refractivity contribution >= 4 is 17.9 Å². The fourth-order valence-electron chi connectivity index (χ4n) is 3.82. The first-order chi connectivity index (χ1) is 15.5. The van der Waals surface area contributed by atoms with Gasteiger partial charge in [-0.1, -0.05) is 60.7 Å². The highest BCUT2D eigenvalue weighted by atomic mass is 16.6. The van der Waals surface area contributed by atoms with E-state index in [-0.39, 0.29) is 12.7 Å². The van der Waals surface area contributed by atoms with E-state index in [4.69, 9.17) is 14.7 Å². The average molecular weight is 432 g/mol. The van der Waals surface area contributed by atoms with Crippen molar-refractivity contribution in [3.8, 4) is 0 Å². The highest BCUT2D eigenvalue weighted by molar-refractivity contribution is 5.69. The Morgan fingerprint density at radius 2 is 1.62 bits per heavy atom. The van der Waals surface area contributed by atoms with Crippen LogP contribution in [0.4, 0.5) is 16.6 Å². The van der Waals surface area contributed by atoms with Crippen LogP contribution in [0.3, 0.4) is 0 Å². The van der Waals surface area contributed by atoms with Crippen LogP contribution in [0.1, 0.15) is 22.4 Å². The molecule has 1 aliphatic rings. The van der Waals surface area contributed by atoms with Crippen LogP contribution in [0.25, 0.3) is 0 Å². The fraction of sp³-hybridized carbons (Fsp3) is 0.320. The molecule has 0 saturated carbocycles. The molecule has 2 heterocycles. The van der Waals surface area contributed by atoms with Gasteiger partial charge in [-0.15, -0.1) is 0 Å². The molecule has 0 radical (unpaired) electrons. The molecule has 32 heavy (non-hydrogen) atoms. The van der Waals surface area contributed by atoms with Crippen molar-refractivity contribution in [1.82, 2.24) is 14.9 Å². The SMILES string of the molecule is CN(C)c1nc(N(C)Cc2ccccc2)nc2c1CN(C(=O)OCc1ccccc1)CC2. The number of rotatable bonds is 6. The Hall–Kier alpha value is -3.61. The van der Waals surface area contributed by atoms with Gasteiger partial charge in [0.25, 0.3) is 0 Å². The van der Waals surface area contributed by atoms with Gasteiger partial charge in [0.15, 0.2) is 0 Å². The molecule has 0 saturated heterocycles. The van der Waals surface area contributed by atoms with Gasteiger partial charge >= 0.3 is 6.09 Å². The number of carbonyl (C=O) groups excluding carboxylic acids is 1. The normalized spacial score (nSPS) is 12.8. The molecule has 0 N–H and O–H groups in total. The molecule has 7 nitrogen and oxygen atoms in total. The van der Waals surface area contributed by atoms with E-state index in [2.05, 4.69) is 17.0 Å². The van der Waals surface area contributed by atoms with Gasteiger partial charge in [0.05, 0.1) is 12.2 Å². The average Bonchev–Trinajstić information content (AvgIpc) is 2.82. The van der Waals surface area contributed by atoms with E-state index >= 15 is 0 Å². The lowest BCUT2D eigenvalue weighted by Gasteiger charge is -2.31. The Bertz CT molecular complexity index is 1060. The van der Waals surface area contributed by atoms with Crippen molar-refractivity contribution in [2.45, 2.75) is 26.1 Å². The summed E-state index contributed by atoms with van der Waals surface area (Å²) in [5.41, 5.74) is 4.15. The topological polar surface area (TPSA) is 61.8 Å². The Morgan fingerprint density at radius 3 is 2.28 bits per heavy atom. The number of nitrogens with zero attached hydrogens (tertiary/aromatic N) is 5. The quantitative estimate of drug-likeness (QED) is 0.590. The second-order valence-electron chi connectivity index (χ2n) is 8.22. The van der Waals surface area contributed by atoms with Gasteiger partial charge in [-0.3, -0.25) is 0 Å². The molecule has 0 bridgehead atoms.